The van der Waals surface area contributed by atoms with Crippen LogP contribution in [0.3, 0.4) is 0 Å². The summed E-state index contributed by atoms with van der Waals surface area (Å²) in [4.78, 5) is 17.1. The van der Waals surface area contributed by atoms with Crippen LogP contribution in [-0.2, 0) is 17.9 Å². The predicted octanol–water partition coefficient (Wildman–Crippen LogP) is 3.99. The average Bonchev–Trinajstić information content (AvgIpc) is 2.94. The number of halogens is 1. The quantitative estimate of drug-likeness (QED) is 0.811. The second kappa shape index (κ2) is 8.04. The molecule has 2 aromatic rings. The molecule has 1 aliphatic rings. The highest BCUT2D eigenvalue weighted by Gasteiger charge is 2.31. The van der Waals surface area contributed by atoms with Gasteiger partial charge in [0.2, 0.25) is 5.91 Å². The summed E-state index contributed by atoms with van der Waals surface area (Å²) >= 11 is 0. The number of carbonyl (C=O) groups is 1. The molecule has 1 saturated heterocycles. The molecule has 0 radical (unpaired) electrons. The molecule has 26 heavy (non-hydrogen) atoms. The first-order valence-corrected chi connectivity index (χ1v) is 9.24. The van der Waals surface area contributed by atoms with Crippen LogP contribution in [0.25, 0.3) is 0 Å². The van der Waals surface area contributed by atoms with E-state index in [1.54, 1.807) is 12.1 Å². The third-order valence-corrected chi connectivity index (χ3v) is 5.02. The molecule has 1 amide bonds. The first kappa shape index (κ1) is 18.6. The van der Waals surface area contributed by atoms with Gasteiger partial charge in [-0.05, 0) is 42.7 Å². The molecular weight excluding hydrogens is 331 g/mol. The van der Waals surface area contributed by atoms with Gasteiger partial charge in [-0.25, -0.2) is 4.39 Å². The van der Waals surface area contributed by atoms with Crippen LogP contribution in [0.5, 0.6) is 0 Å². The molecule has 1 fully saturated rings. The molecule has 1 aromatic carbocycles. The maximum absolute atomic E-state index is 13.2. The van der Waals surface area contributed by atoms with Crippen LogP contribution in [0.1, 0.15) is 37.4 Å². The summed E-state index contributed by atoms with van der Waals surface area (Å²) in [5.41, 5.74) is 0.959. The van der Waals surface area contributed by atoms with Crippen molar-refractivity contribution in [3.05, 3.63) is 59.3 Å². The Labute approximate surface area is 154 Å². The first-order chi connectivity index (χ1) is 12.4. The standard InChI is InChI=1S/C21H27FN2O2/c1-15(2)20-14-23(13-19-9-4-16(3)26-19)11-10-21(25)24(20)12-17-5-7-18(22)8-6-17/h4-9,15,20H,10-14H2,1-3H3/t20-/m0/s1. The molecule has 0 aliphatic carbocycles. The number of furan rings is 1. The minimum absolute atomic E-state index is 0.117. The van der Waals surface area contributed by atoms with Crippen molar-refractivity contribution < 1.29 is 13.6 Å². The molecule has 3 rings (SSSR count). The molecule has 1 aliphatic heterocycles. The minimum Gasteiger partial charge on any atom is -0.465 e. The third kappa shape index (κ3) is 4.52. The van der Waals surface area contributed by atoms with Crippen molar-refractivity contribution in [3.63, 3.8) is 0 Å². The fourth-order valence-electron chi connectivity index (χ4n) is 3.53. The molecule has 0 saturated carbocycles. The van der Waals surface area contributed by atoms with E-state index in [0.717, 1.165) is 30.2 Å². The van der Waals surface area contributed by atoms with Gasteiger partial charge in [-0.2, -0.15) is 0 Å². The van der Waals surface area contributed by atoms with Gasteiger partial charge in [0.05, 0.1) is 6.54 Å². The summed E-state index contributed by atoms with van der Waals surface area (Å²) in [6, 6.07) is 10.5. The fraction of sp³-hybridized carbons (Fsp3) is 0.476. The van der Waals surface area contributed by atoms with Crippen LogP contribution in [0, 0.1) is 18.7 Å². The van der Waals surface area contributed by atoms with Gasteiger partial charge in [0, 0.05) is 32.1 Å². The highest BCUT2D eigenvalue weighted by Crippen LogP contribution is 2.22. The van der Waals surface area contributed by atoms with Crippen molar-refractivity contribution in [1.29, 1.82) is 0 Å². The van der Waals surface area contributed by atoms with Gasteiger partial charge in [-0.3, -0.25) is 9.69 Å². The highest BCUT2D eigenvalue weighted by atomic mass is 19.1. The number of carbonyl (C=O) groups excluding carboxylic acids is 1. The Hall–Kier alpha value is -2.14. The van der Waals surface area contributed by atoms with Crippen LogP contribution >= 0.6 is 0 Å². The Morgan fingerprint density at radius 1 is 1.15 bits per heavy atom. The SMILES string of the molecule is Cc1ccc(CN2CCC(=O)N(Cc3ccc(F)cc3)[C@H](C(C)C)C2)o1. The second-order valence-corrected chi connectivity index (χ2v) is 7.46. The molecule has 5 heteroatoms. The van der Waals surface area contributed by atoms with Gasteiger partial charge < -0.3 is 9.32 Å². The molecule has 2 heterocycles. The summed E-state index contributed by atoms with van der Waals surface area (Å²) in [6.45, 7) is 9.01. The highest BCUT2D eigenvalue weighted by molar-refractivity contribution is 5.77. The Kier molecular flexibility index (Phi) is 5.77. The smallest absolute Gasteiger partial charge is 0.224 e. The molecule has 1 aromatic heterocycles. The number of benzene rings is 1. The van der Waals surface area contributed by atoms with Crippen molar-refractivity contribution in [2.24, 2.45) is 5.92 Å². The van der Waals surface area contributed by atoms with Crippen LogP contribution in [0.15, 0.2) is 40.8 Å². The molecule has 0 N–H and O–H groups in total. The van der Waals surface area contributed by atoms with E-state index in [2.05, 4.69) is 18.7 Å². The van der Waals surface area contributed by atoms with Gasteiger partial charge in [0.15, 0.2) is 0 Å². The molecule has 1 atom stereocenters. The van der Waals surface area contributed by atoms with E-state index in [4.69, 9.17) is 4.42 Å². The zero-order chi connectivity index (χ0) is 18.7. The predicted molar refractivity (Wildman–Crippen MR) is 98.9 cm³/mol. The lowest BCUT2D eigenvalue weighted by Gasteiger charge is -2.34. The zero-order valence-electron chi connectivity index (χ0n) is 15.7. The van der Waals surface area contributed by atoms with Crippen molar-refractivity contribution in [1.82, 2.24) is 9.80 Å². The summed E-state index contributed by atoms with van der Waals surface area (Å²) < 4.78 is 18.9. The molecule has 0 unspecified atom stereocenters. The lowest BCUT2D eigenvalue weighted by atomic mass is 10.0. The van der Waals surface area contributed by atoms with E-state index in [9.17, 15) is 9.18 Å². The lowest BCUT2D eigenvalue weighted by molar-refractivity contribution is -0.134. The summed E-state index contributed by atoms with van der Waals surface area (Å²) in [7, 11) is 0. The number of hydrogen-bond donors (Lipinski definition) is 0. The largest absolute Gasteiger partial charge is 0.465 e. The Morgan fingerprint density at radius 2 is 1.88 bits per heavy atom. The van der Waals surface area contributed by atoms with Crippen molar-refractivity contribution in [3.8, 4) is 0 Å². The molecule has 0 bridgehead atoms. The Balaban J connectivity index is 1.75. The normalized spacial score (nSPS) is 19.2. The monoisotopic (exact) mass is 358 g/mol. The van der Waals surface area contributed by atoms with Crippen molar-refractivity contribution in [2.45, 2.75) is 46.3 Å². The van der Waals surface area contributed by atoms with Crippen molar-refractivity contribution in [2.75, 3.05) is 13.1 Å². The average molecular weight is 358 g/mol. The molecule has 4 nitrogen and oxygen atoms in total. The summed E-state index contributed by atoms with van der Waals surface area (Å²) in [5, 5.41) is 0. The first-order valence-electron chi connectivity index (χ1n) is 9.24. The summed E-state index contributed by atoms with van der Waals surface area (Å²) in [6.07, 6.45) is 0.490. The summed E-state index contributed by atoms with van der Waals surface area (Å²) in [5.74, 6) is 2.08. The van der Waals surface area contributed by atoms with Gasteiger partial charge in [-0.15, -0.1) is 0 Å². The fourth-order valence-corrected chi connectivity index (χ4v) is 3.53. The maximum atomic E-state index is 13.2. The number of amides is 1. The number of nitrogens with zero attached hydrogens (tertiary/aromatic N) is 2. The number of aryl methyl sites for hydroxylation is 1. The number of hydrogen-bond acceptors (Lipinski definition) is 3. The second-order valence-electron chi connectivity index (χ2n) is 7.46. The van der Waals surface area contributed by atoms with Gasteiger partial charge >= 0.3 is 0 Å². The van der Waals surface area contributed by atoms with Gasteiger partial charge in [0.25, 0.3) is 0 Å². The van der Waals surface area contributed by atoms with Gasteiger partial charge in [-0.1, -0.05) is 26.0 Å². The third-order valence-electron chi connectivity index (χ3n) is 5.02. The van der Waals surface area contributed by atoms with E-state index < -0.39 is 0 Å². The molecular formula is C21H27FN2O2. The van der Waals surface area contributed by atoms with Crippen molar-refractivity contribution >= 4 is 5.91 Å². The molecule has 140 valence electrons. The Morgan fingerprint density at radius 3 is 2.50 bits per heavy atom. The maximum Gasteiger partial charge on any atom is 0.224 e. The zero-order valence-corrected chi connectivity index (χ0v) is 15.7. The Bertz CT molecular complexity index is 739. The van der Waals surface area contributed by atoms with E-state index >= 15 is 0 Å². The van der Waals surface area contributed by atoms with Crippen LogP contribution in [-0.4, -0.2) is 34.8 Å². The minimum atomic E-state index is -0.253. The van der Waals surface area contributed by atoms with E-state index in [1.807, 2.05) is 24.0 Å². The van der Waals surface area contributed by atoms with E-state index in [-0.39, 0.29) is 17.8 Å². The lowest BCUT2D eigenvalue weighted by Crippen LogP contribution is -2.45. The molecule has 0 spiro atoms. The van der Waals surface area contributed by atoms with E-state index in [0.29, 0.717) is 25.4 Å². The van der Waals surface area contributed by atoms with Crippen LogP contribution < -0.4 is 0 Å². The topological polar surface area (TPSA) is 36.7 Å². The van der Waals surface area contributed by atoms with E-state index in [1.165, 1.54) is 12.1 Å². The van der Waals surface area contributed by atoms with Crippen LogP contribution in [0.2, 0.25) is 0 Å². The number of rotatable bonds is 5. The van der Waals surface area contributed by atoms with Crippen LogP contribution in [0.4, 0.5) is 4.39 Å². The van der Waals surface area contributed by atoms with Gasteiger partial charge in [0.1, 0.15) is 17.3 Å².